The maximum Gasteiger partial charge on any atom is 0.270 e. The first-order valence-electron chi connectivity index (χ1n) is 5.89. The molecular weight excluding hydrogens is 232 g/mol. The Kier molecular flexibility index (Phi) is 6.18. The number of aliphatic hydroxyl groups is 1. The molecule has 1 heterocycles. The Morgan fingerprint density at radius 1 is 1.67 bits per heavy atom. The Morgan fingerprint density at radius 2 is 2.44 bits per heavy atom. The molecule has 18 heavy (non-hydrogen) atoms. The van der Waals surface area contributed by atoms with Crippen molar-refractivity contribution < 1.29 is 14.6 Å². The van der Waals surface area contributed by atoms with Gasteiger partial charge in [0.2, 0.25) is 0 Å². The van der Waals surface area contributed by atoms with E-state index in [1.165, 1.54) is 0 Å². The first kappa shape index (κ1) is 14.5. The number of ether oxygens (including phenoxy) is 1. The van der Waals surface area contributed by atoms with Gasteiger partial charge in [-0.05, 0) is 12.1 Å². The number of aromatic nitrogens is 1. The topological polar surface area (TPSA) is 54.7 Å². The lowest BCUT2D eigenvalue weighted by Gasteiger charge is -2.20. The summed E-state index contributed by atoms with van der Waals surface area (Å²) >= 11 is 0. The Bertz CT molecular complexity index is 387. The second-order valence-corrected chi connectivity index (χ2v) is 3.84. The molecule has 1 rings (SSSR count). The fourth-order valence-corrected chi connectivity index (χ4v) is 1.71. The van der Waals surface area contributed by atoms with E-state index in [2.05, 4.69) is 6.58 Å². The minimum Gasteiger partial charge on any atom is -0.395 e. The predicted molar refractivity (Wildman–Crippen MR) is 69.5 cm³/mol. The van der Waals surface area contributed by atoms with Crippen LogP contribution in [0.15, 0.2) is 31.0 Å². The highest BCUT2D eigenvalue weighted by atomic mass is 16.5. The lowest BCUT2D eigenvalue weighted by molar-refractivity contribution is 0.0729. The molecule has 0 aliphatic rings. The molecule has 5 nitrogen and oxygen atoms in total. The summed E-state index contributed by atoms with van der Waals surface area (Å²) in [5.74, 6) is -0.106. The first-order chi connectivity index (χ1) is 8.74. The van der Waals surface area contributed by atoms with Crippen LogP contribution in [0.3, 0.4) is 0 Å². The van der Waals surface area contributed by atoms with Crippen molar-refractivity contribution in [1.82, 2.24) is 9.47 Å². The summed E-state index contributed by atoms with van der Waals surface area (Å²) in [6, 6.07) is 3.60. The van der Waals surface area contributed by atoms with Crippen molar-refractivity contribution in [2.24, 2.45) is 0 Å². The number of carbonyl (C=O) groups excluding carboxylic acids is 1. The van der Waals surface area contributed by atoms with Crippen LogP contribution in [-0.2, 0) is 11.3 Å². The Balaban J connectivity index is 2.80. The summed E-state index contributed by atoms with van der Waals surface area (Å²) in [7, 11) is 1.63. The Hall–Kier alpha value is -1.59. The van der Waals surface area contributed by atoms with Crippen LogP contribution in [-0.4, -0.2) is 53.9 Å². The quantitative estimate of drug-likeness (QED) is 0.695. The highest BCUT2D eigenvalue weighted by Crippen LogP contribution is 2.07. The minimum absolute atomic E-state index is 0.0572. The SMILES string of the molecule is C=CCN(CCO)C(=O)c1cccn1CCOC. The number of methoxy groups -OCH3 is 1. The number of nitrogens with zero attached hydrogens (tertiary/aromatic N) is 2. The maximum absolute atomic E-state index is 12.3. The smallest absolute Gasteiger partial charge is 0.270 e. The van der Waals surface area contributed by atoms with Crippen molar-refractivity contribution in [2.75, 3.05) is 33.4 Å². The normalized spacial score (nSPS) is 10.3. The molecule has 0 unspecified atom stereocenters. The van der Waals surface area contributed by atoms with Gasteiger partial charge in [0.25, 0.3) is 5.91 Å². The number of aliphatic hydroxyl groups excluding tert-OH is 1. The van der Waals surface area contributed by atoms with Gasteiger partial charge in [-0.25, -0.2) is 0 Å². The van der Waals surface area contributed by atoms with Crippen LogP contribution >= 0.6 is 0 Å². The van der Waals surface area contributed by atoms with E-state index in [4.69, 9.17) is 9.84 Å². The number of amides is 1. The second-order valence-electron chi connectivity index (χ2n) is 3.84. The van der Waals surface area contributed by atoms with Crippen molar-refractivity contribution in [2.45, 2.75) is 6.54 Å². The van der Waals surface area contributed by atoms with Gasteiger partial charge in [0, 0.05) is 32.9 Å². The van der Waals surface area contributed by atoms with E-state index >= 15 is 0 Å². The number of hydrogen-bond donors (Lipinski definition) is 1. The lowest BCUT2D eigenvalue weighted by Crippen LogP contribution is -2.35. The zero-order valence-electron chi connectivity index (χ0n) is 10.7. The average molecular weight is 252 g/mol. The molecule has 0 aromatic carbocycles. The third-order valence-corrected chi connectivity index (χ3v) is 2.59. The predicted octanol–water partition coefficient (Wildman–Crippen LogP) is 0.755. The molecule has 0 aliphatic carbocycles. The zero-order chi connectivity index (χ0) is 13.4. The van der Waals surface area contributed by atoms with Crippen molar-refractivity contribution in [3.05, 3.63) is 36.7 Å². The van der Waals surface area contributed by atoms with Gasteiger partial charge in [0.15, 0.2) is 0 Å². The number of hydrogen-bond acceptors (Lipinski definition) is 3. The molecular formula is C13H20N2O3. The van der Waals surface area contributed by atoms with Crippen molar-refractivity contribution in [3.8, 4) is 0 Å². The molecule has 100 valence electrons. The molecule has 0 aliphatic heterocycles. The average Bonchev–Trinajstić information content (AvgIpc) is 2.83. The van der Waals surface area contributed by atoms with Crippen molar-refractivity contribution in [1.29, 1.82) is 0 Å². The zero-order valence-corrected chi connectivity index (χ0v) is 10.7. The van der Waals surface area contributed by atoms with E-state index < -0.39 is 0 Å². The Labute approximate surface area is 107 Å². The van der Waals surface area contributed by atoms with Crippen LogP contribution in [0.25, 0.3) is 0 Å². The van der Waals surface area contributed by atoms with Crippen LogP contribution in [0, 0.1) is 0 Å². The van der Waals surface area contributed by atoms with E-state index in [0.717, 1.165) is 0 Å². The van der Waals surface area contributed by atoms with Gasteiger partial charge >= 0.3 is 0 Å². The first-order valence-corrected chi connectivity index (χ1v) is 5.89. The van der Waals surface area contributed by atoms with E-state index in [0.29, 0.717) is 31.9 Å². The molecule has 0 saturated heterocycles. The third-order valence-electron chi connectivity index (χ3n) is 2.59. The molecule has 1 aromatic heterocycles. The molecule has 0 radical (unpaired) electrons. The molecule has 0 spiro atoms. The summed E-state index contributed by atoms with van der Waals surface area (Å²) in [6.07, 6.45) is 3.49. The molecule has 5 heteroatoms. The van der Waals surface area contributed by atoms with Gasteiger partial charge in [-0.3, -0.25) is 4.79 Å². The highest BCUT2D eigenvalue weighted by Gasteiger charge is 2.17. The van der Waals surface area contributed by atoms with Gasteiger partial charge in [-0.1, -0.05) is 6.08 Å². The van der Waals surface area contributed by atoms with E-state index in [-0.39, 0.29) is 12.5 Å². The highest BCUT2D eigenvalue weighted by molar-refractivity contribution is 5.92. The third kappa shape index (κ3) is 3.72. The fourth-order valence-electron chi connectivity index (χ4n) is 1.71. The van der Waals surface area contributed by atoms with Gasteiger partial charge < -0.3 is 19.3 Å². The van der Waals surface area contributed by atoms with Crippen LogP contribution < -0.4 is 0 Å². The molecule has 0 fully saturated rings. The van der Waals surface area contributed by atoms with Gasteiger partial charge in [-0.2, -0.15) is 0 Å². The molecule has 0 saturated carbocycles. The monoisotopic (exact) mass is 252 g/mol. The molecule has 1 N–H and O–H groups in total. The molecule has 0 atom stereocenters. The number of rotatable bonds is 8. The summed E-state index contributed by atoms with van der Waals surface area (Å²) in [4.78, 5) is 13.8. The Morgan fingerprint density at radius 3 is 3.06 bits per heavy atom. The van der Waals surface area contributed by atoms with Crippen LogP contribution in [0.5, 0.6) is 0 Å². The maximum atomic E-state index is 12.3. The fraction of sp³-hybridized carbons (Fsp3) is 0.462. The van der Waals surface area contributed by atoms with Gasteiger partial charge in [-0.15, -0.1) is 6.58 Å². The van der Waals surface area contributed by atoms with Crippen LogP contribution in [0.2, 0.25) is 0 Å². The van der Waals surface area contributed by atoms with Gasteiger partial charge in [0.1, 0.15) is 5.69 Å². The van der Waals surface area contributed by atoms with Gasteiger partial charge in [0.05, 0.1) is 13.2 Å². The van der Waals surface area contributed by atoms with Crippen LogP contribution in [0.1, 0.15) is 10.5 Å². The summed E-state index contributed by atoms with van der Waals surface area (Å²) in [6.45, 7) is 5.47. The molecule has 1 amide bonds. The summed E-state index contributed by atoms with van der Waals surface area (Å²) < 4.78 is 6.85. The van der Waals surface area contributed by atoms with E-state index in [9.17, 15) is 4.79 Å². The lowest BCUT2D eigenvalue weighted by atomic mass is 10.3. The van der Waals surface area contributed by atoms with Crippen LogP contribution in [0.4, 0.5) is 0 Å². The standard InChI is InChI=1S/C13H20N2O3/c1-3-6-15(8-10-16)13(17)12-5-4-7-14(12)9-11-18-2/h3-5,7,16H,1,6,8-11H2,2H3. The summed E-state index contributed by atoms with van der Waals surface area (Å²) in [5.41, 5.74) is 0.599. The van der Waals surface area contributed by atoms with Crippen molar-refractivity contribution in [3.63, 3.8) is 0 Å². The molecule has 1 aromatic rings. The second kappa shape index (κ2) is 7.68. The largest absolute Gasteiger partial charge is 0.395 e. The molecule has 0 bridgehead atoms. The van der Waals surface area contributed by atoms with E-state index in [1.807, 2.05) is 16.8 Å². The minimum atomic E-state index is -0.106. The van der Waals surface area contributed by atoms with Crippen molar-refractivity contribution >= 4 is 5.91 Å². The number of carbonyl (C=O) groups is 1. The summed E-state index contributed by atoms with van der Waals surface area (Å²) in [5, 5.41) is 8.97. The van der Waals surface area contributed by atoms with E-state index in [1.54, 1.807) is 24.2 Å².